The van der Waals surface area contributed by atoms with Crippen LogP contribution in [0.3, 0.4) is 0 Å². The molecule has 0 spiro atoms. The Morgan fingerprint density at radius 2 is 2.28 bits per heavy atom. The largest absolute Gasteiger partial charge is 0.491 e. The second-order valence-electron chi connectivity index (χ2n) is 4.23. The molecule has 5 heteroatoms. The summed E-state index contributed by atoms with van der Waals surface area (Å²) in [6.45, 7) is 6.40. The highest BCUT2D eigenvalue weighted by Crippen LogP contribution is 2.16. The average Bonchev–Trinajstić information content (AvgIpc) is 2.40. The molecule has 2 heterocycles. The topological polar surface area (TPSA) is 51.7 Å². The van der Waals surface area contributed by atoms with Crippen molar-refractivity contribution < 1.29 is 14.3 Å². The minimum absolute atomic E-state index is 0.0236. The van der Waals surface area contributed by atoms with Gasteiger partial charge >= 0.3 is 0 Å². The van der Waals surface area contributed by atoms with Gasteiger partial charge in [0.25, 0.3) is 0 Å². The molecule has 0 radical (unpaired) electrons. The maximum absolute atomic E-state index is 11.4. The van der Waals surface area contributed by atoms with Crippen molar-refractivity contribution in [1.29, 1.82) is 0 Å². The predicted molar refractivity (Wildman–Crippen MR) is 67.0 cm³/mol. The molecule has 0 amide bonds. The van der Waals surface area contributed by atoms with E-state index >= 15 is 0 Å². The lowest BCUT2D eigenvalue weighted by molar-refractivity contribution is 0.0322. The predicted octanol–water partition coefficient (Wildman–Crippen LogP) is 0.995. The lowest BCUT2D eigenvalue weighted by Gasteiger charge is -2.26. The van der Waals surface area contributed by atoms with Crippen LogP contribution in [0, 0.1) is 0 Å². The molecule has 1 aromatic heterocycles. The number of morpholine rings is 1. The minimum atomic E-state index is -0.0236. The maximum Gasteiger partial charge on any atom is 0.165 e. The third-order valence-electron chi connectivity index (χ3n) is 2.93. The fourth-order valence-corrected chi connectivity index (χ4v) is 1.88. The van der Waals surface area contributed by atoms with Gasteiger partial charge in [0.1, 0.15) is 12.4 Å². The first-order valence-electron chi connectivity index (χ1n) is 6.15. The number of ketones is 1. The first-order chi connectivity index (χ1) is 8.77. The second-order valence-corrected chi connectivity index (χ2v) is 4.23. The number of carbonyl (C=O) groups excluding carboxylic acids is 1. The van der Waals surface area contributed by atoms with Crippen molar-refractivity contribution in [3.05, 3.63) is 24.0 Å². The number of aromatic nitrogens is 1. The van der Waals surface area contributed by atoms with Crippen molar-refractivity contribution in [1.82, 2.24) is 9.88 Å². The van der Waals surface area contributed by atoms with Gasteiger partial charge in [0.05, 0.1) is 18.8 Å². The van der Waals surface area contributed by atoms with Crippen LogP contribution in [0.2, 0.25) is 0 Å². The average molecular weight is 250 g/mol. The molecule has 2 rings (SSSR count). The number of carbonyl (C=O) groups is 1. The highest BCUT2D eigenvalue weighted by atomic mass is 16.5. The smallest absolute Gasteiger partial charge is 0.165 e. The molecule has 1 fully saturated rings. The van der Waals surface area contributed by atoms with Crippen LogP contribution in [0.5, 0.6) is 5.75 Å². The van der Waals surface area contributed by atoms with Gasteiger partial charge in [-0.15, -0.1) is 0 Å². The summed E-state index contributed by atoms with van der Waals surface area (Å²) in [5.41, 5.74) is 0.541. The van der Waals surface area contributed by atoms with E-state index in [9.17, 15) is 4.79 Å². The first kappa shape index (κ1) is 13.0. The fraction of sp³-hybridized carbons (Fsp3) is 0.538. The van der Waals surface area contributed by atoms with Crippen LogP contribution in [0.4, 0.5) is 0 Å². The van der Waals surface area contributed by atoms with Crippen molar-refractivity contribution in [2.75, 3.05) is 39.5 Å². The first-order valence-corrected chi connectivity index (χ1v) is 6.15. The summed E-state index contributed by atoms with van der Waals surface area (Å²) in [6, 6.07) is 1.73. The van der Waals surface area contributed by atoms with E-state index < -0.39 is 0 Å². The van der Waals surface area contributed by atoms with Gasteiger partial charge in [0.2, 0.25) is 0 Å². The Kier molecular flexibility index (Phi) is 4.66. The minimum Gasteiger partial charge on any atom is -0.491 e. The van der Waals surface area contributed by atoms with Gasteiger partial charge in [-0.1, -0.05) is 0 Å². The summed E-state index contributed by atoms with van der Waals surface area (Å²) in [5, 5.41) is 0. The number of hydrogen-bond donors (Lipinski definition) is 0. The van der Waals surface area contributed by atoms with Crippen LogP contribution in [0.25, 0.3) is 0 Å². The molecule has 1 saturated heterocycles. The van der Waals surface area contributed by atoms with Gasteiger partial charge in [0, 0.05) is 32.0 Å². The summed E-state index contributed by atoms with van der Waals surface area (Å²) in [7, 11) is 0. The highest BCUT2D eigenvalue weighted by Gasteiger charge is 2.11. The summed E-state index contributed by atoms with van der Waals surface area (Å²) in [5.74, 6) is 0.593. The summed E-state index contributed by atoms with van der Waals surface area (Å²) in [4.78, 5) is 17.6. The molecule has 0 atom stereocenters. The van der Waals surface area contributed by atoms with Crippen LogP contribution in [-0.4, -0.2) is 55.1 Å². The quantitative estimate of drug-likeness (QED) is 0.730. The number of rotatable bonds is 5. The van der Waals surface area contributed by atoms with E-state index in [1.54, 1.807) is 18.5 Å². The van der Waals surface area contributed by atoms with Gasteiger partial charge in [-0.25, -0.2) is 0 Å². The van der Waals surface area contributed by atoms with Crippen LogP contribution in [0.15, 0.2) is 18.5 Å². The summed E-state index contributed by atoms with van der Waals surface area (Å²) in [6.07, 6.45) is 3.18. The van der Waals surface area contributed by atoms with Crippen LogP contribution < -0.4 is 4.74 Å². The van der Waals surface area contributed by atoms with Crippen LogP contribution in [0.1, 0.15) is 17.3 Å². The molecule has 1 aliphatic heterocycles. The van der Waals surface area contributed by atoms with E-state index in [1.807, 2.05) is 0 Å². The Bertz CT molecular complexity index is 403. The fourth-order valence-electron chi connectivity index (χ4n) is 1.88. The lowest BCUT2D eigenvalue weighted by atomic mass is 10.2. The number of hydrogen-bond acceptors (Lipinski definition) is 5. The Labute approximate surface area is 107 Å². The van der Waals surface area contributed by atoms with Crippen molar-refractivity contribution in [3.8, 4) is 5.75 Å². The Balaban J connectivity index is 1.84. The zero-order valence-corrected chi connectivity index (χ0v) is 10.6. The molecule has 0 unspecified atom stereocenters. The lowest BCUT2D eigenvalue weighted by Crippen LogP contribution is -2.38. The van der Waals surface area contributed by atoms with E-state index in [0.717, 1.165) is 32.8 Å². The van der Waals surface area contributed by atoms with Gasteiger partial charge in [0.15, 0.2) is 5.78 Å². The molecule has 5 nitrogen and oxygen atoms in total. The molecule has 18 heavy (non-hydrogen) atoms. The monoisotopic (exact) mass is 250 g/mol. The Hall–Kier alpha value is -1.46. The van der Waals surface area contributed by atoms with Crippen LogP contribution >= 0.6 is 0 Å². The van der Waals surface area contributed by atoms with Gasteiger partial charge in [-0.05, 0) is 13.0 Å². The third kappa shape index (κ3) is 3.51. The Morgan fingerprint density at radius 1 is 1.50 bits per heavy atom. The number of ether oxygens (including phenoxy) is 2. The normalized spacial score (nSPS) is 16.5. The van der Waals surface area contributed by atoms with Gasteiger partial charge in [-0.2, -0.15) is 0 Å². The molecule has 0 N–H and O–H groups in total. The number of Topliss-reactive ketones (excluding diaryl/α,β-unsaturated/α-hetero) is 1. The molecule has 1 aromatic rings. The molecule has 0 aromatic carbocycles. The van der Waals surface area contributed by atoms with E-state index in [0.29, 0.717) is 17.9 Å². The standard InChI is InChI=1S/C13H18N2O3/c1-11(16)12-10-14-3-2-13(12)18-9-6-15-4-7-17-8-5-15/h2-3,10H,4-9H2,1H3. The summed E-state index contributed by atoms with van der Waals surface area (Å²) < 4.78 is 10.9. The second kappa shape index (κ2) is 6.47. The van der Waals surface area contributed by atoms with Crippen molar-refractivity contribution in [2.24, 2.45) is 0 Å². The molecular formula is C13H18N2O3. The zero-order valence-electron chi connectivity index (χ0n) is 10.6. The summed E-state index contributed by atoms with van der Waals surface area (Å²) >= 11 is 0. The molecular weight excluding hydrogens is 232 g/mol. The van der Waals surface area contributed by atoms with Gasteiger partial charge in [-0.3, -0.25) is 14.7 Å². The molecule has 0 bridgehead atoms. The number of nitrogens with zero attached hydrogens (tertiary/aromatic N) is 2. The molecule has 98 valence electrons. The van der Waals surface area contributed by atoms with Gasteiger partial charge < -0.3 is 9.47 Å². The Morgan fingerprint density at radius 3 is 3.00 bits per heavy atom. The highest BCUT2D eigenvalue weighted by molar-refractivity contribution is 5.96. The molecule has 0 aliphatic carbocycles. The van der Waals surface area contributed by atoms with E-state index in [1.165, 1.54) is 6.92 Å². The van der Waals surface area contributed by atoms with E-state index in [2.05, 4.69) is 9.88 Å². The zero-order chi connectivity index (χ0) is 12.8. The van der Waals surface area contributed by atoms with Crippen molar-refractivity contribution in [3.63, 3.8) is 0 Å². The maximum atomic E-state index is 11.4. The molecule has 1 aliphatic rings. The molecule has 0 saturated carbocycles. The van der Waals surface area contributed by atoms with Crippen LogP contribution in [-0.2, 0) is 4.74 Å². The third-order valence-corrected chi connectivity index (χ3v) is 2.93. The SMILES string of the molecule is CC(=O)c1cnccc1OCCN1CCOCC1. The van der Waals surface area contributed by atoms with E-state index in [-0.39, 0.29) is 5.78 Å². The van der Waals surface area contributed by atoms with Crippen molar-refractivity contribution in [2.45, 2.75) is 6.92 Å². The van der Waals surface area contributed by atoms with E-state index in [4.69, 9.17) is 9.47 Å². The van der Waals surface area contributed by atoms with Crippen molar-refractivity contribution >= 4 is 5.78 Å². The number of pyridine rings is 1.